The van der Waals surface area contributed by atoms with Crippen LogP contribution in [0.3, 0.4) is 0 Å². The molecule has 1 aliphatic carbocycles. The summed E-state index contributed by atoms with van der Waals surface area (Å²) in [5.74, 6) is -0.135. The lowest BCUT2D eigenvalue weighted by atomic mass is 10.1. The molecule has 0 radical (unpaired) electrons. The number of rotatable bonds is 5. The summed E-state index contributed by atoms with van der Waals surface area (Å²) in [4.78, 5) is 18.4. The Balaban J connectivity index is 1.95. The first-order valence-corrected chi connectivity index (χ1v) is 7.27. The van der Waals surface area contributed by atoms with Gasteiger partial charge < -0.3 is 5.11 Å². The molecule has 100 valence electrons. The van der Waals surface area contributed by atoms with Crippen molar-refractivity contribution in [2.24, 2.45) is 0 Å². The summed E-state index contributed by atoms with van der Waals surface area (Å²) < 4.78 is 0. The third kappa shape index (κ3) is 3.09. The van der Waals surface area contributed by atoms with Crippen molar-refractivity contribution >= 4 is 17.3 Å². The van der Waals surface area contributed by atoms with Gasteiger partial charge in [0, 0.05) is 23.5 Å². The molecule has 1 aromatic rings. The lowest BCUT2D eigenvalue weighted by molar-refractivity contribution is -0.142. The summed E-state index contributed by atoms with van der Waals surface area (Å²) in [7, 11) is 1.84. The first kappa shape index (κ1) is 13.5. The number of carboxylic acid groups (broad SMARTS) is 1. The molecule has 0 amide bonds. The number of hydrogen-bond acceptors (Lipinski definition) is 4. The van der Waals surface area contributed by atoms with Gasteiger partial charge in [-0.15, -0.1) is 11.3 Å². The molecule has 0 aromatic carbocycles. The number of aliphatic carboxylic acids is 1. The zero-order valence-electron chi connectivity index (χ0n) is 10.9. The summed E-state index contributed by atoms with van der Waals surface area (Å²) in [6.07, 6.45) is 7.05. The number of nitrogens with zero attached hydrogens (tertiary/aromatic N) is 2. The Kier molecular flexibility index (Phi) is 4.35. The van der Waals surface area contributed by atoms with Crippen molar-refractivity contribution < 1.29 is 9.90 Å². The first-order valence-electron chi connectivity index (χ1n) is 6.45. The molecule has 0 aliphatic heterocycles. The summed E-state index contributed by atoms with van der Waals surface area (Å²) in [6, 6.07) is -0.456. The normalized spacial score (nSPS) is 18.4. The number of thiazole rings is 1. The van der Waals surface area contributed by atoms with Crippen LogP contribution in [0, 0.1) is 0 Å². The highest BCUT2D eigenvalue weighted by atomic mass is 32.1. The van der Waals surface area contributed by atoms with Crippen LogP contribution < -0.4 is 0 Å². The van der Waals surface area contributed by atoms with E-state index in [2.05, 4.69) is 4.98 Å². The molecule has 4 nitrogen and oxygen atoms in total. The second-order valence-electron chi connectivity index (χ2n) is 5.08. The quantitative estimate of drug-likeness (QED) is 0.892. The fourth-order valence-electron chi connectivity index (χ4n) is 2.33. The highest BCUT2D eigenvalue weighted by Gasteiger charge is 2.21. The Bertz CT molecular complexity index is 413. The van der Waals surface area contributed by atoms with E-state index in [1.807, 2.05) is 18.1 Å². The molecular weight excluding hydrogens is 248 g/mol. The Hall–Kier alpha value is -0.940. The van der Waals surface area contributed by atoms with Crippen LogP contribution in [0.2, 0.25) is 0 Å². The van der Waals surface area contributed by atoms with E-state index in [1.54, 1.807) is 18.3 Å². The zero-order valence-corrected chi connectivity index (χ0v) is 11.7. The molecule has 1 saturated carbocycles. The predicted molar refractivity (Wildman–Crippen MR) is 71.9 cm³/mol. The number of likely N-dealkylation sites (N-methyl/N-ethyl adjacent to an activating group) is 1. The van der Waals surface area contributed by atoms with E-state index < -0.39 is 12.0 Å². The molecule has 1 fully saturated rings. The molecule has 1 atom stereocenters. The van der Waals surface area contributed by atoms with Gasteiger partial charge in [-0.3, -0.25) is 9.69 Å². The van der Waals surface area contributed by atoms with Crippen LogP contribution >= 0.6 is 11.3 Å². The Morgan fingerprint density at radius 1 is 1.61 bits per heavy atom. The maximum Gasteiger partial charge on any atom is 0.320 e. The van der Waals surface area contributed by atoms with Crippen molar-refractivity contribution in [3.05, 3.63) is 16.1 Å². The zero-order chi connectivity index (χ0) is 13.1. The number of hydrogen-bond donors (Lipinski definition) is 1. The molecule has 1 N–H and O–H groups in total. The average Bonchev–Trinajstić information content (AvgIpc) is 2.96. The van der Waals surface area contributed by atoms with Gasteiger partial charge in [0.2, 0.25) is 0 Å². The Labute approximate surface area is 112 Å². The standard InChI is InChI=1S/C13H20N2O2S/c1-9(13(16)17)15(2)8-11-7-14-12(18-11)10-5-3-4-6-10/h7,9-10H,3-6,8H2,1-2H3,(H,16,17). The fourth-order valence-corrected chi connectivity index (χ4v) is 3.48. The number of carbonyl (C=O) groups is 1. The molecule has 1 unspecified atom stereocenters. The van der Waals surface area contributed by atoms with Crippen LogP contribution in [-0.2, 0) is 11.3 Å². The van der Waals surface area contributed by atoms with Gasteiger partial charge >= 0.3 is 5.97 Å². The second kappa shape index (κ2) is 5.80. The molecule has 18 heavy (non-hydrogen) atoms. The minimum atomic E-state index is -0.780. The maximum absolute atomic E-state index is 10.9. The monoisotopic (exact) mass is 268 g/mol. The number of aromatic nitrogens is 1. The van der Waals surface area contributed by atoms with E-state index >= 15 is 0 Å². The van der Waals surface area contributed by atoms with E-state index in [0.717, 1.165) is 4.88 Å². The highest BCUT2D eigenvalue weighted by molar-refractivity contribution is 7.11. The molecule has 1 heterocycles. The summed E-state index contributed by atoms with van der Waals surface area (Å²) in [5.41, 5.74) is 0. The van der Waals surface area contributed by atoms with Gasteiger partial charge in [0.25, 0.3) is 0 Å². The molecule has 5 heteroatoms. The van der Waals surface area contributed by atoms with Gasteiger partial charge in [0.1, 0.15) is 6.04 Å². The third-order valence-electron chi connectivity index (χ3n) is 3.70. The smallest absolute Gasteiger partial charge is 0.320 e. The maximum atomic E-state index is 10.9. The molecule has 1 aromatic heterocycles. The molecule has 0 saturated heterocycles. The SMILES string of the molecule is CC(C(=O)O)N(C)Cc1cnc(C2CCCC2)s1. The second-order valence-corrected chi connectivity index (χ2v) is 6.22. The Morgan fingerprint density at radius 3 is 2.89 bits per heavy atom. The van der Waals surface area contributed by atoms with E-state index in [-0.39, 0.29) is 0 Å². The topological polar surface area (TPSA) is 53.4 Å². The predicted octanol–water partition coefficient (Wildman–Crippen LogP) is 2.71. The minimum absolute atomic E-state index is 0.456. The lowest BCUT2D eigenvalue weighted by Crippen LogP contribution is -2.35. The van der Waals surface area contributed by atoms with E-state index in [4.69, 9.17) is 5.11 Å². The van der Waals surface area contributed by atoms with Crippen molar-refractivity contribution in [3.8, 4) is 0 Å². The van der Waals surface area contributed by atoms with Crippen LogP contribution in [0.5, 0.6) is 0 Å². The van der Waals surface area contributed by atoms with Crippen LogP contribution in [-0.4, -0.2) is 34.0 Å². The van der Waals surface area contributed by atoms with Gasteiger partial charge in [-0.2, -0.15) is 0 Å². The van der Waals surface area contributed by atoms with Crippen LogP contribution in [0.4, 0.5) is 0 Å². The van der Waals surface area contributed by atoms with Crippen molar-refractivity contribution in [2.45, 2.75) is 51.1 Å². The largest absolute Gasteiger partial charge is 0.480 e. The first-order chi connectivity index (χ1) is 8.58. The van der Waals surface area contributed by atoms with Crippen LogP contribution in [0.1, 0.15) is 48.4 Å². The summed E-state index contributed by atoms with van der Waals surface area (Å²) in [5, 5.41) is 10.2. The van der Waals surface area contributed by atoms with Gasteiger partial charge in [-0.25, -0.2) is 4.98 Å². The van der Waals surface area contributed by atoms with E-state index in [0.29, 0.717) is 12.5 Å². The van der Waals surface area contributed by atoms with E-state index in [9.17, 15) is 4.79 Å². The van der Waals surface area contributed by atoms with Gasteiger partial charge in [0.05, 0.1) is 5.01 Å². The minimum Gasteiger partial charge on any atom is -0.480 e. The van der Waals surface area contributed by atoms with Crippen LogP contribution in [0.15, 0.2) is 6.20 Å². The third-order valence-corrected chi connectivity index (χ3v) is 4.84. The van der Waals surface area contributed by atoms with Gasteiger partial charge in [-0.05, 0) is 26.8 Å². The van der Waals surface area contributed by atoms with Crippen molar-refractivity contribution in [1.82, 2.24) is 9.88 Å². The summed E-state index contributed by atoms with van der Waals surface area (Å²) in [6.45, 7) is 2.37. The fraction of sp³-hybridized carbons (Fsp3) is 0.692. The molecule has 0 spiro atoms. The van der Waals surface area contributed by atoms with Crippen LogP contribution in [0.25, 0.3) is 0 Å². The molecule has 1 aliphatic rings. The van der Waals surface area contributed by atoms with Gasteiger partial charge in [0.15, 0.2) is 0 Å². The van der Waals surface area contributed by atoms with Gasteiger partial charge in [-0.1, -0.05) is 12.8 Å². The number of carboxylic acids is 1. The van der Waals surface area contributed by atoms with Crippen molar-refractivity contribution in [1.29, 1.82) is 0 Å². The van der Waals surface area contributed by atoms with Crippen molar-refractivity contribution in [2.75, 3.05) is 7.05 Å². The Morgan fingerprint density at radius 2 is 2.28 bits per heavy atom. The lowest BCUT2D eigenvalue weighted by Gasteiger charge is -2.19. The average molecular weight is 268 g/mol. The summed E-state index contributed by atoms with van der Waals surface area (Å²) >= 11 is 1.74. The highest BCUT2D eigenvalue weighted by Crippen LogP contribution is 2.36. The molecule has 2 rings (SSSR count). The van der Waals surface area contributed by atoms with Crippen molar-refractivity contribution in [3.63, 3.8) is 0 Å². The molecule has 0 bridgehead atoms. The van der Waals surface area contributed by atoms with E-state index in [1.165, 1.54) is 30.7 Å². The molecular formula is C13H20N2O2S.